The zero-order valence-electron chi connectivity index (χ0n) is 9.95. The van der Waals surface area contributed by atoms with Gasteiger partial charge in [0.25, 0.3) is 0 Å². The lowest BCUT2D eigenvalue weighted by molar-refractivity contribution is 0.604. The Hall–Kier alpha value is -0.580. The van der Waals surface area contributed by atoms with Gasteiger partial charge in [-0.25, -0.2) is 0 Å². The number of hydrogen-bond acceptors (Lipinski definition) is 2. The Bertz CT molecular complexity index is 461. The van der Waals surface area contributed by atoms with Crippen molar-refractivity contribution in [3.63, 3.8) is 0 Å². The smallest absolute Gasteiger partial charge is 0.0362 e. The molecular formula is C13H17BrN2S. The van der Waals surface area contributed by atoms with E-state index in [0.29, 0.717) is 0 Å². The van der Waals surface area contributed by atoms with Crippen LogP contribution in [0.25, 0.3) is 0 Å². The van der Waals surface area contributed by atoms with Gasteiger partial charge in [0.2, 0.25) is 0 Å². The Labute approximate surface area is 115 Å². The molecule has 0 amide bonds. The van der Waals surface area contributed by atoms with Gasteiger partial charge in [0.05, 0.1) is 0 Å². The standard InChI is InChI=1S/C13H17BrN2S/c1-2-5-16-6-3-4-12(16)8-15-9-13-7-11(14)10-17-13/h3-4,6-7,10,15H,2,5,8-9H2,1H3. The Morgan fingerprint density at radius 1 is 1.41 bits per heavy atom. The zero-order chi connectivity index (χ0) is 12.1. The Kier molecular flexibility index (Phi) is 4.83. The first-order valence-corrected chi connectivity index (χ1v) is 7.54. The highest BCUT2D eigenvalue weighted by Gasteiger charge is 2.01. The Morgan fingerprint density at radius 3 is 3.00 bits per heavy atom. The highest BCUT2D eigenvalue weighted by Crippen LogP contribution is 2.19. The molecule has 0 aliphatic heterocycles. The van der Waals surface area contributed by atoms with Gasteiger partial charge in [0.1, 0.15) is 0 Å². The van der Waals surface area contributed by atoms with Gasteiger partial charge >= 0.3 is 0 Å². The van der Waals surface area contributed by atoms with Crippen molar-refractivity contribution >= 4 is 27.3 Å². The Balaban J connectivity index is 1.83. The summed E-state index contributed by atoms with van der Waals surface area (Å²) in [5.41, 5.74) is 1.36. The molecule has 4 heteroatoms. The molecule has 0 aromatic carbocycles. The van der Waals surface area contributed by atoms with Crippen LogP contribution >= 0.6 is 27.3 Å². The van der Waals surface area contributed by atoms with Gasteiger partial charge in [0.15, 0.2) is 0 Å². The summed E-state index contributed by atoms with van der Waals surface area (Å²) in [6.45, 7) is 5.19. The van der Waals surface area contributed by atoms with Crippen molar-refractivity contribution in [1.82, 2.24) is 9.88 Å². The summed E-state index contributed by atoms with van der Waals surface area (Å²) in [7, 11) is 0. The monoisotopic (exact) mass is 312 g/mol. The molecule has 0 bridgehead atoms. The molecule has 0 aliphatic carbocycles. The molecule has 0 spiro atoms. The van der Waals surface area contributed by atoms with Crippen molar-refractivity contribution < 1.29 is 0 Å². The van der Waals surface area contributed by atoms with Crippen molar-refractivity contribution in [2.45, 2.75) is 33.0 Å². The lowest BCUT2D eigenvalue weighted by Gasteiger charge is -2.08. The van der Waals surface area contributed by atoms with E-state index in [1.807, 2.05) is 0 Å². The third-order valence-corrected chi connectivity index (χ3v) is 4.31. The fourth-order valence-corrected chi connectivity index (χ4v) is 3.25. The molecule has 0 atom stereocenters. The first-order chi connectivity index (χ1) is 8.29. The maximum Gasteiger partial charge on any atom is 0.0362 e. The molecule has 0 saturated heterocycles. The molecule has 0 saturated carbocycles. The fraction of sp³-hybridized carbons (Fsp3) is 0.385. The maximum absolute atomic E-state index is 3.48. The lowest BCUT2D eigenvalue weighted by Crippen LogP contribution is -2.15. The first kappa shape index (κ1) is 12.9. The molecule has 1 N–H and O–H groups in total. The van der Waals surface area contributed by atoms with Crippen molar-refractivity contribution in [3.8, 4) is 0 Å². The molecule has 0 fully saturated rings. The minimum Gasteiger partial charge on any atom is -0.350 e. The van der Waals surface area contributed by atoms with Crippen LogP contribution in [0.2, 0.25) is 0 Å². The molecule has 0 aliphatic rings. The van der Waals surface area contributed by atoms with E-state index in [2.05, 4.69) is 62.5 Å². The highest BCUT2D eigenvalue weighted by atomic mass is 79.9. The van der Waals surface area contributed by atoms with Gasteiger partial charge in [0, 0.05) is 46.3 Å². The third kappa shape index (κ3) is 3.69. The predicted molar refractivity (Wildman–Crippen MR) is 77.3 cm³/mol. The topological polar surface area (TPSA) is 17.0 Å². The first-order valence-electron chi connectivity index (χ1n) is 5.87. The van der Waals surface area contributed by atoms with Crippen molar-refractivity contribution in [1.29, 1.82) is 0 Å². The van der Waals surface area contributed by atoms with Crippen LogP contribution in [0.15, 0.2) is 34.2 Å². The van der Waals surface area contributed by atoms with Gasteiger partial charge < -0.3 is 9.88 Å². The van der Waals surface area contributed by atoms with Crippen LogP contribution < -0.4 is 5.32 Å². The second-order valence-corrected chi connectivity index (χ2v) is 5.94. The van der Waals surface area contributed by atoms with Crippen LogP contribution in [0.3, 0.4) is 0 Å². The number of hydrogen-bond donors (Lipinski definition) is 1. The van der Waals surface area contributed by atoms with Crippen molar-refractivity contribution in [3.05, 3.63) is 44.8 Å². The summed E-state index contributed by atoms with van der Waals surface area (Å²) in [5, 5.41) is 5.61. The predicted octanol–water partition coefficient (Wildman–Crippen LogP) is 4.01. The molecule has 0 radical (unpaired) electrons. The van der Waals surface area contributed by atoms with E-state index in [9.17, 15) is 0 Å². The van der Waals surface area contributed by atoms with E-state index in [-0.39, 0.29) is 0 Å². The largest absolute Gasteiger partial charge is 0.350 e. The average molecular weight is 313 g/mol. The zero-order valence-corrected chi connectivity index (χ0v) is 12.4. The minimum atomic E-state index is 0.933. The van der Waals surface area contributed by atoms with E-state index in [0.717, 1.165) is 19.6 Å². The molecular weight excluding hydrogens is 296 g/mol. The normalized spacial score (nSPS) is 10.9. The van der Waals surface area contributed by atoms with Gasteiger partial charge in [-0.05, 0) is 40.5 Å². The lowest BCUT2D eigenvalue weighted by atomic mass is 10.4. The van der Waals surface area contributed by atoms with Crippen LogP contribution in [0.5, 0.6) is 0 Å². The van der Waals surface area contributed by atoms with Crippen LogP contribution in [-0.4, -0.2) is 4.57 Å². The van der Waals surface area contributed by atoms with E-state index in [4.69, 9.17) is 0 Å². The summed E-state index contributed by atoms with van der Waals surface area (Å²) >= 11 is 5.26. The van der Waals surface area contributed by atoms with Gasteiger partial charge in [-0.15, -0.1) is 11.3 Å². The van der Waals surface area contributed by atoms with Gasteiger partial charge in [-0.2, -0.15) is 0 Å². The molecule has 92 valence electrons. The Morgan fingerprint density at radius 2 is 2.29 bits per heavy atom. The van der Waals surface area contributed by atoms with E-state index < -0.39 is 0 Å². The van der Waals surface area contributed by atoms with Crippen molar-refractivity contribution in [2.24, 2.45) is 0 Å². The SMILES string of the molecule is CCCn1cccc1CNCc1cc(Br)cs1. The summed E-state index contributed by atoms with van der Waals surface area (Å²) in [4.78, 5) is 1.37. The number of thiophene rings is 1. The number of aromatic nitrogens is 1. The second kappa shape index (κ2) is 6.38. The average Bonchev–Trinajstić information content (AvgIpc) is 2.90. The van der Waals surface area contributed by atoms with Crippen LogP contribution in [0.4, 0.5) is 0 Å². The number of nitrogens with zero attached hydrogens (tertiary/aromatic N) is 1. The second-order valence-electron chi connectivity index (χ2n) is 4.03. The van der Waals surface area contributed by atoms with E-state index >= 15 is 0 Å². The minimum absolute atomic E-state index is 0.933. The third-order valence-electron chi connectivity index (χ3n) is 2.62. The van der Waals surface area contributed by atoms with Crippen LogP contribution in [0.1, 0.15) is 23.9 Å². The van der Waals surface area contributed by atoms with Crippen LogP contribution in [0, 0.1) is 0 Å². The van der Waals surface area contributed by atoms with Gasteiger partial charge in [-0.1, -0.05) is 6.92 Å². The van der Waals surface area contributed by atoms with Crippen LogP contribution in [-0.2, 0) is 19.6 Å². The van der Waals surface area contributed by atoms with E-state index in [1.54, 1.807) is 11.3 Å². The summed E-state index contributed by atoms with van der Waals surface area (Å²) in [6, 6.07) is 6.48. The summed E-state index contributed by atoms with van der Waals surface area (Å²) in [6.07, 6.45) is 3.34. The summed E-state index contributed by atoms with van der Waals surface area (Å²) in [5.74, 6) is 0. The molecule has 2 heterocycles. The number of nitrogens with one attached hydrogen (secondary N) is 1. The summed E-state index contributed by atoms with van der Waals surface area (Å²) < 4.78 is 3.49. The number of aryl methyl sites for hydroxylation is 1. The molecule has 17 heavy (non-hydrogen) atoms. The molecule has 2 aromatic rings. The van der Waals surface area contributed by atoms with Gasteiger partial charge in [-0.3, -0.25) is 0 Å². The molecule has 2 nitrogen and oxygen atoms in total. The number of halogens is 1. The maximum atomic E-state index is 3.48. The van der Waals surface area contributed by atoms with Crippen molar-refractivity contribution in [2.75, 3.05) is 0 Å². The highest BCUT2D eigenvalue weighted by molar-refractivity contribution is 9.10. The van der Waals surface area contributed by atoms with E-state index in [1.165, 1.54) is 21.5 Å². The molecule has 0 unspecified atom stereocenters. The molecule has 2 rings (SSSR count). The quantitative estimate of drug-likeness (QED) is 0.852. The fourth-order valence-electron chi connectivity index (χ4n) is 1.83. The number of rotatable bonds is 6. The molecule has 2 aromatic heterocycles.